The molecule has 0 aromatic heterocycles. The summed E-state index contributed by atoms with van der Waals surface area (Å²) in [4.78, 5) is 10.5. The molecule has 0 aliphatic rings. The zero-order valence-electron chi connectivity index (χ0n) is 9.29. The molecular weight excluding hydrogens is 207 g/mol. The number of hydrogen-bond donors (Lipinski definition) is 1. The summed E-state index contributed by atoms with van der Waals surface area (Å²) in [5.74, 6) is -0.859. The molecule has 0 unspecified atom stereocenters. The molecule has 0 atom stereocenters. The molecule has 4 heteroatoms. The van der Waals surface area contributed by atoms with Crippen molar-refractivity contribution in [2.45, 2.75) is 26.2 Å². The largest absolute Gasteiger partial charge is 0.478 e. The van der Waals surface area contributed by atoms with Crippen LogP contribution in [0.15, 0.2) is 24.3 Å². The van der Waals surface area contributed by atoms with Gasteiger partial charge in [0.15, 0.2) is 0 Å². The molecule has 0 heterocycles. The number of carbonyl (C=O) groups is 1. The Balaban J connectivity index is 0. The molecule has 0 aliphatic heterocycles. The molecule has 1 aromatic rings. The van der Waals surface area contributed by atoms with E-state index < -0.39 is 5.97 Å². The van der Waals surface area contributed by atoms with E-state index >= 15 is 0 Å². The number of hydrogen-bond acceptors (Lipinski definition) is 1. The monoisotopic (exact) mass is 225 g/mol. The van der Waals surface area contributed by atoms with Crippen molar-refractivity contribution in [3.63, 3.8) is 0 Å². The molecule has 3 N–H and O–H groups in total. The summed E-state index contributed by atoms with van der Waals surface area (Å²) in [6.07, 6.45) is 3.36. The maximum atomic E-state index is 10.5. The van der Waals surface area contributed by atoms with Gasteiger partial charge in [-0.3, -0.25) is 0 Å². The highest BCUT2D eigenvalue weighted by molar-refractivity contribution is 5.87. The van der Waals surface area contributed by atoms with E-state index in [0.29, 0.717) is 5.56 Å². The van der Waals surface area contributed by atoms with E-state index in [2.05, 4.69) is 6.92 Å². The van der Waals surface area contributed by atoms with Crippen molar-refractivity contribution >= 4 is 23.3 Å². The fraction of sp³-hybridized carbons (Fsp3) is 0.364. The van der Waals surface area contributed by atoms with Crippen LogP contribution >= 0.6 is 0 Å². The van der Waals surface area contributed by atoms with Crippen molar-refractivity contribution in [2.75, 3.05) is 0 Å². The van der Waals surface area contributed by atoms with Crippen molar-refractivity contribution < 1.29 is 15.4 Å². The lowest BCUT2D eigenvalue weighted by molar-refractivity contribution is 0.0697. The van der Waals surface area contributed by atoms with Gasteiger partial charge in [-0.1, -0.05) is 25.5 Å². The van der Waals surface area contributed by atoms with Crippen molar-refractivity contribution in [2.24, 2.45) is 0 Å². The second-order valence-corrected chi connectivity index (χ2v) is 3.11. The van der Waals surface area contributed by atoms with Crippen LogP contribution in [-0.4, -0.2) is 33.9 Å². The van der Waals surface area contributed by atoms with E-state index in [9.17, 15) is 4.79 Å². The van der Waals surface area contributed by atoms with E-state index in [0.717, 1.165) is 12.8 Å². The predicted octanol–water partition coefficient (Wildman–Crippen LogP) is 0.986. The lowest BCUT2D eigenvalue weighted by atomic mass is 10.1. The van der Waals surface area contributed by atoms with Gasteiger partial charge in [0, 0.05) is 0 Å². The highest BCUT2D eigenvalue weighted by Gasteiger charge is 2.00. The van der Waals surface area contributed by atoms with E-state index in [1.165, 1.54) is 12.0 Å². The molecule has 0 amide bonds. The first-order valence-corrected chi connectivity index (χ1v) is 4.56. The summed E-state index contributed by atoms with van der Waals surface area (Å²) in [7, 11) is 0. The van der Waals surface area contributed by atoms with Crippen LogP contribution < -0.4 is 0 Å². The topological polar surface area (TPSA) is 68.8 Å². The van der Waals surface area contributed by atoms with E-state index in [4.69, 9.17) is 5.11 Å². The molecule has 83 valence electrons. The Labute approximate surface area is 101 Å². The van der Waals surface area contributed by atoms with Gasteiger partial charge in [-0.2, -0.15) is 0 Å². The van der Waals surface area contributed by atoms with Crippen LogP contribution in [0.3, 0.4) is 0 Å². The van der Waals surface area contributed by atoms with Crippen molar-refractivity contribution in [1.82, 2.24) is 0 Å². The third-order valence-corrected chi connectivity index (χ3v) is 2.02. The summed E-state index contributed by atoms with van der Waals surface area (Å²) in [6, 6.07) is 7.10. The van der Waals surface area contributed by atoms with Gasteiger partial charge < -0.3 is 10.6 Å². The van der Waals surface area contributed by atoms with Gasteiger partial charge in [0.2, 0.25) is 0 Å². The van der Waals surface area contributed by atoms with Gasteiger partial charge in [0.05, 0.1) is 5.56 Å². The van der Waals surface area contributed by atoms with Crippen LogP contribution in [0.25, 0.3) is 0 Å². The van der Waals surface area contributed by atoms with Crippen molar-refractivity contribution in [3.05, 3.63) is 35.4 Å². The quantitative estimate of drug-likeness (QED) is 0.776. The minimum atomic E-state index is -0.859. The summed E-state index contributed by atoms with van der Waals surface area (Å²) in [5.41, 5.74) is 1.58. The molecule has 0 spiro atoms. The molecular formula is C11H18AlO3. The van der Waals surface area contributed by atoms with Gasteiger partial charge in [0.25, 0.3) is 0 Å². The van der Waals surface area contributed by atoms with Gasteiger partial charge in [-0.15, -0.1) is 0 Å². The van der Waals surface area contributed by atoms with Crippen LogP contribution in [-0.2, 0) is 6.42 Å². The standard InChI is InChI=1S/C11H14O2.Al.H2O.2H/c1-2-3-4-9-5-7-10(8-6-9)11(12)13;;;;/h5-8H,2-4H2,1H3,(H,12,13);;1H2;;. The maximum absolute atomic E-state index is 10.5. The number of carboxylic acid groups (broad SMARTS) is 1. The second kappa shape index (κ2) is 8.49. The fourth-order valence-electron chi connectivity index (χ4n) is 1.19. The Kier molecular flexibility index (Phi) is 9.40. The maximum Gasteiger partial charge on any atom is 0.335 e. The molecule has 0 saturated carbocycles. The van der Waals surface area contributed by atoms with Crippen molar-refractivity contribution in [3.8, 4) is 0 Å². The molecule has 1 radical (unpaired) electrons. The predicted molar refractivity (Wildman–Crippen MR) is 64.2 cm³/mol. The van der Waals surface area contributed by atoms with Crippen LogP contribution in [0.5, 0.6) is 0 Å². The summed E-state index contributed by atoms with van der Waals surface area (Å²) < 4.78 is 0. The third-order valence-electron chi connectivity index (χ3n) is 2.02. The van der Waals surface area contributed by atoms with Crippen LogP contribution in [0, 0.1) is 0 Å². The fourth-order valence-corrected chi connectivity index (χ4v) is 1.19. The number of rotatable bonds is 4. The summed E-state index contributed by atoms with van der Waals surface area (Å²) in [6.45, 7) is 2.14. The second-order valence-electron chi connectivity index (χ2n) is 3.11. The molecule has 1 aromatic carbocycles. The SMILES string of the molecule is CCCCc1ccc(C(=O)O)cc1.O.[AlH2]. The first-order chi connectivity index (χ1) is 6.24. The lowest BCUT2D eigenvalue weighted by Gasteiger charge is -1.99. The number of unbranched alkanes of at least 4 members (excludes halogenated alkanes) is 1. The molecule has 3 nitrogen and oxygen atoms in total. The van der Waals surface area contributed by atoms with Gasteiger partial charge in [0.1, 0.15) is 17.4 Å². The van der Waals surface area contributed by atoms with Gasteiger partial charge in [-0.25, -0.2) is 4.79 Å². The Morgan fingerprint density at radius 3 is 2.20 bits per heavy atom. The van der Waals surface area contributed by atoms with Gasteiger partial charge in [-0.05, 0) is 30.5 Å². The smallest absolute Gasteiger partial charge is 0.335 e. The van der Waals surface area contributed by atoms with E-state index in [1.54, 1.807) is 12.1 Å². The third kappa shape index (κ3) is 5.58. The van der Waals surface area contributed by atoms with Crippen LogP contribution in [0.1, 0.15) is 35.7 Å². The van der Waals surface area contributed by atoms with E-state index in [1.807, 2.05) is 12.1 Å². The van der Waals surface area contributed by atoms with E-state index in [-0.39, 0.29) is 22.8 Å². The molecule has 0 bridgehead atoms. The van der Waals surface area contributed by atoms with Gasteiger partial charge >= 0.3 is 5.97 Å². The average molecular weight is 225 g/mol. The number of carboxylic acids is 1. The zero-order valence-corrected chi connectivity index (χ0v) is 11.3. The highest BCUT2D eigenvalue weighted by atomic mass is 27.0. The summed E-state index contributed by atoms with van der Waals surface area (Å²) in [5, 5.41) is 8.65. The highest BCUT2D eigenvalue weighted by Crippen LogP contribution is 2.07. The molecule has 15 heavy (non-hydrogen) atoms. The first kappa shape index (κ1) is 16.6. The lowest BCUT2D eigenvalue weighted by Crippen LogP contribution is -1.95. The molecule has 0 saturated heterocycles. The first-order valence-electron chi connectivity index (χ1n) is 4.56. The minimum absolute atomic E-state index is 0. The summed E-state index contributed by atoms with van der Waals surface area (Å²) >= 11 is 0. The number of benzene rings is 1. The van der Waals surface area contributed by atoms with Crippen LogP contribution in [0.2, 0.25) is 0 Å². The Morgan fingerprint density at radius 2 is 1.80 bits per heavy atom. The number of aromatic carboxylic acids is 1. The Hall–Kier alpha value is -0.818. The molecule has 1 rings (SSSR count). The zero-order chi connectivity index (χ0) is 9.68. The Morgan fingerprint density at radius 1 is 1.27 bits per heavy atom. The average Bonchev–Trinajstić information content (AvgIpc) is 2.15. The normalized spacial score (nSPS) is 8.60. The van der Waals surface area contributed by atoms with Crippen molar-refractivity contribution in [1.29, 1.82) is 0 Å². The minimum Gasteiger partial charge on any atom is -0.478 e. The number of aryl methyl sites for hydroxylation is 1. The Bertz CT molecular complexity index is 282. The molecule has 0 fully saturated rings. The molecule has 0 aliphatic carbocycles. The van der Waals surface area contributed by atoms with Crippen LogP contribution in [0.4, 0.5) is 0 Å².